The lowest BCUT2D eigenvalue weighted by Gasteiger charge is -2.15. The minimum absolute atomic E-state index is 0.0490. The Hall–Kier alpha value is -2.08. The predicted octanol–water partition coefficient (Wildman–Crippen LogP) is 0.187. The first kappa shape index (κ1) is 14.0. The van der Waals surface area contributed by atoms with E-state index in [9.17, 15) is 9.59 Å². The van der Waals surface area contributed by atoms with Crippen molar-refractivity contribution in [1.82, 2.24) is 5.32 Å². The number of nitrogens with two attached hydrogens (primary N) is 1. The van der Waals surface area contributed by atoms with Gasteiger partial charge in [0.25, 0.3) is 5.91 Å². The molecule has 0 spiro atoms. The van der Waals surface area contributed by atoms with Gasteiger partial charge in [-0.05, 0) is 24.3 Å². The lowest BCUT2D eigenvalue weighted by molar-refractivity contribution is -0.144. The van der Waals surface area contributed by atoms with Crippen molar-refractivity contribution in [2.45, 2.75) is 6.04 Å². The number of carbonyl (C=O) groups is 2. The maximum Gasteiger partial charge on any atom is 0.330 e. The smallest absolute Gasteiger partial charge is 0.330 e. The summed E-state index contributed by atoms with van der Waals surface area (Å²) >= 11 is 0. The van der Waals surface area contributed by atoms with Crippen molar-refractivity contribution in [3.05, 3.63) is 29.8 Å². The molecule has 18 heavy (non-hydrogen) atoms. The van der Waals surface area contributed by atoms with Crippen molar-refractivity contribution in [1.29, 1.82) is 0 Å². The second-order valence-electron chi connectivity index (χ2n) is 3.63. The van der Waals surface area contributed by atoms with E-state index in [1.807, 2.05) is 0 Å². The highest BCUT2D eigenvalue weighted by Crippen LogP contribution is 2.05. The lowest BCUT2D eigenvalue weighted by Crippen LogP contribution is -2.44. The van der Waals surface area contributed by atoms with Crippen LogP contribution in [0.2, 0.25) is 0 Å². The van der Waals surface area contributed by atoms with Gasteiger partial charge in [0, 0.05) is 18.4 Å². The van der Waals surface area contributed by atoms with Gasteiger partial charge in [-0.25, -0.2) is 4.79 Å². The molecule has 1 aromatic rings. The predicted molar refractivity (Wildman–Crippen MR) is 66.0 cm³/mol. The Morgan fingerprint density at radius 1 is 1.28 bits per heavy atom. The van der Waals surface area contributed by atoms with Crippen molar-refractivity contribution in [3.8, 4) is 0 Å². The van der Waals surface area contributed by atoms with Crippen LogP contribution in [0.25, 0.3) is 0 Å². The highest BCUT2D eigenvalue weighted by molar-refractivity contribution is 5.97. The summed E-state index contributed by atoms with van der Waals surface area (Å²) in [4.78, 5) is 23.2. The average molecular weight is 252 g/mol. The van der Waals surface area contributed by atoms with Gasteiger partial charge in [0.05, 0.1) is 13.7 Å². The summed E-state index contributed by atoms with van der Waals surface area (Å²) in [6, 6.07) is 5.54. The van der Waals surface area contributed by atoms with Gasteiger partial charge in [0.1, 0.15) is 0 Å². The van der Waals surface area contributed by atoms with Gasteiger partial charge < -0.3 is 20.5 Å². The maximum absolute atomic E-state index is 11.8. The van der Waals surface area contributed by atoms with Crippen molar-refractivity contribution in [3.63, 3.8) is 0 Å². The molecule has 0 aromatic heterocycles. The normalized spacial score (nSPS) is 11.7. The molecule has 6 nitrogen and oxygen atoms in total. The van der Waals surface area contributed by atoms with E-state index in [0.29, 0.717) is 11.3 Å². The third kappa shape index (κ3) is 3.74. The lowest BCUT2D eigenvalue weighted by atomic mass is 10.2. The summed E-state index contributed by atoms with van der Waals surface area (Å²) in [7, 11) is 2.69. The molecule has 0 saturated carbocycles. The molecular formula is C12H16N2O4. The molecule has 98 valence electrons. The summed E-state index contributed by atoms with van der Waals surface area (Å²) < 4.78 is 9.41. The van der Waals surface area contributed by atoms with Crippen LogP contribution in [0.15, 0.2) is 24.3 Å². The molecule has 0 aliphatic carbocycles. The Morgan fingerprint density at radius 2 is 1.89 bits per heavy atom. The van der Waals surface area contributed by atoms with E-state index in [-0.39, 0.29) is 12.5 Å². The minimum Gasteiger partial charge on any atom is -0.467 e. The number of nitrogens with one attached hydrogen (secondary N) is 1. The quantitative estimate of drug-likeness (QED) is 0.576. The average Bonchev–Trinajstić information content (AvgIpc) is 2.38. The van der Waals surface area contributed by atoms with E-state index < -0.39 is 12.0 Å². The van der Waals surface area contributed by atoms with Gasteiger partial charge in [-0.3, -0.25) is 4.79 Å². The molecule has 6 heteroatoms. The molecule has 0 fully saturated rings. The standard InChI is InChI=1S/C12H16N2O4/c1-17-7-10(12(16)18-2)14-11(15)8-3-5-9(13)6-4-8/h3-6,10H,7,13H2,1-2H3,(H,14,15). The number of amides is 1. The van der Waals surface area contributed by atoms with Gasteiger partial charge in [-0.15, -0.1) is 0 Å². The number of esters is 1. The number of methoxy groups -OCH3 is 2. The zero-order valence-corrected chi connectivity index (χ0v) is 10.3. The molecule has 0 aliphatic rings. The van der Waals surface area contributed by atoms with Crippen LogP contribution in [0.1, 0.15) is 10.4 Å². The van der Waals surface area contributed by atoms with Crippen LogP contribution in [0.4, 0.5) is 5.69 Å². The van der Waals surface area contributed by atoms with Crippen LogP contribution in [0.5, 0.6) is 0 Å². The number of rotatable bonds is 5. The second kappa shape index (κ2) is 6.61. The van der Waals surface area contributed by atoms with Gasteiger partial charge in [-0.2, -0.15) is 0 Å². The second-order valence-corrected chi connectivity index (χ2v) is 3.63. The maximum atomic E-state index is 11.8. The topological polar surface area (TPSA) is 90.6 Å². The third-order valence-electron chi connectivity index (χ3n) is 2.30. The van der Waals surface area contributed by atoms with Crippen molar-refractivity contribution in [2.75, 3.05) is 26.6 Å². The molecule has 0 aliphatic heterocycles. The highest BCUT2D eigenvalue weighted by Gasteiger charge is 2.21. The molecule has 1 aromatic carbocycles. The Balaban J connectivity index is 2.71. The van der Waals surface area contributed by atoms with Gasteiger partial charge in [0.2, 0.25) is 0 Å². The van der Waals surface area contributed by atoms with Gasteiger partial charge >= 0.3 is 5.97 Å². The van der Waals surface area contributed by atoms with E-state index in [0.717, 1.165) is 0 Å². The number of ether oxygens (including phenoxy) is 2. The largest absolute Gasteiger partial charge is 0.467 e. The van der Waals surface area contributed by atoms with Crippen LogP contribution in [-0.4, -0.2) is 38.7 Å². The molecule has 3 N–H and O–H groups in total. The fraction of sp³-hybridized carbons (Fsp3) is 0.333. The van der Waals surface area contributed by atoms with Crippen molar-refractivity contribution >= 4 is 17.6 Å². The van der Waals surface area contributed by atoms with E-state index in [1.54, 1.807) is 24.3 Å². The van der Waals surface area contributed by atoms with Crippen molar-refractivity contribution in [2.24, 2.45) is 0 Å². The Labute approximate surface area is 105 Å². The third-order valence-corrected chi connectivity index (χ3v) is 2.30. The first-order chi connectivity index (χ1) is 8.58. The number of benzene rings is 1. The number of hydrogen-bond donors (Lipinski definition) is 2. The minimum atomic E-state index is -0.829. The first-order valence-electron chi connectivity index (χ1n) is 5.31. The number of carbonyl (C=O) groups excluding carboxylic acids is 2. The van der Waals surface area contributed by atoms with Crippen LogP contribution in [0, 0.1) is 0 Å². The van der Waals surface area contributed by atoms with Crippen molar-refractivity contribution < 1.29 is 19.1 Å². The van der Waals surface area contributed by atoms with Crippen LogP contribution in [-0.2, 0) is 14.3 Å². The molecular weight excluding hydrogens is 236 g/mol. The fourth-order valence-corrected chi connectivity index (χ4v) is 1.35. The van der Waals surface area contributed by atoms with Crippen LogP contribution in [0.3, 0.4) is 0 Å². The fourth-order valence-electron chi connectivity index (χ4n) is 1.35. The Morgan fingerprint density at radius 3 is 2.39 bits per heavy atom. The molecule has 0 bridgehead atoms. The van der Waals surface area contributed by atoms with Crippen LogP contribution >= 0.6 is 0 Å². The molecule has 0 radical (unpaired) electrons. The monoisotopic (exact) mass is 252 g/mol. The zero-order valence-electron chi connectivity index (χ0n) is 10.3. The molecule has 1 rings (SSSR count). The van der Waals surface area contributed by atoms with E-state index in [1.165, 1.54) is 14.2 Å². The Kier molecular flexibility index (Phi) is 5.13. The van der Waals surface area contributed by atoms with Crippen LogP contribution < -0.4 is 11.1 Å². The molecule has 1 amide bonds. The molecule has 0 saturated heterocycles. The SMILES string of the molecule is COCC(NC(=O)c1ccc(N)cc1)C(=O)OC. The van der Waals surface area contributed by atoms with E-state index in [2.05, 4.69) is 10.1 Å². The summed E-state index contributed by atoms with van der Waals surface area (Å²) in [5, 5.41) is 2.53. The first-order valence-corrected chi connectivity index (χ1v) is 5.31. The summed E-state index contributed by atoms with van der Waals surface area (Å²) in [6.07, 6.45) is 0. The van der Waals surface area contributed by atoms with Gasteiger partial charge in [0.15, 0.2) is 6.04 Å². The number of anilines is 1. The molecule has 0 heterocycles. The van der Waals surface area contributed by atoms with E-state index >= 15 is 0 Å². The number of nitrogen functional groups attached to an aromatic ring is 1. The highest BCUT2D eigenvalue weighted by atomic mass is 16.5. The summed E-state index contributed by atoms with van der Waals surface area (Å²) in [5.41, 5.74) is 6.49. The van der Waals surface area contributed by atoms with Gasteiger partial charge in [-0.1, -0.05) is 0 Å². The molecule has 1 atom stereocenters. The summed E-state index contributed by atoms with van der Waals surface area (Å²) in [5.74, 6) is -0.942. The molecule has 1 unspecified atom stereocenters. The number of hydrogen-bond acceptors (Lipinski definition) is 5. The Bertz CT molecular complexity index is 417. The summed E-state index contributed by atoms with van der Waals surface area (Å²) in [6.45, 7) is 0.0490. The zero-order chi connectivity index (χ0) is 13.5. The van der Waals surface area contributed by atoms with E-state index in [4.69, 9.17) is 10.5 Å².